The summed E-state index contributed by atoms with van der Waals surface area (Å²) in [6.07, 6.45) is -1.18. The van der Waals surface area contributed by atoms with Crippen LogP contribution in [-0.4, -0.2) is 62.0 Å². The lowest BCUT2D eigenvalue weighted by atomic mass is 10.0. The van der Waals surface area contributed by atoms with E-state index < -0.39 is 28.0 Å². The number of esters is 1. The second-order valence-corrected chi connectivity index (χ2v) is 11.9. The second kappa shape index (κ2) is 12.0. The zero-order chi connectivity index (χ0) is 29.1. The van der Waals surface area contributed by atoms with E-state index in [2.05, 4.69) is 10.3 Å². The lowest BCUT2D eigenvalue weighted by molar-refractivity contribution is -0.123. The third-order valence-corrected chi connectivity index (χ3v) is 9.15. The highest BCUT2D eigenvalue weighted by molar-refractivity contribution is 7.89. The van der Waals surface area contributed by atoms with Crippen molar-refractivity contribution in [2.75, 3.05) is 31.6 Å². The topological polar surface area (TPSA) is 115 Å². The number of benzene rings is 3. The van der Waals surface area contributed by atoms with Crippen molar-refractivity contribution in [1.82, 2.24) is 9.29 Å². The second-order valence-electron chi connectivity index (χ2n) is 9.59. The minimum absolute atomic E-state index is 0.0946. The highest BCUT2D eigenvalue weighted by Crippen LogP contribution is 2.30. The predicted molar refractivity (Wildman–Crippen MR) is 156 cm³/mol. The molecule has 1 N–H and O–H groups in total. The summed E-state index contributed by atoms with van der Waals surface area (Å²) in [5.41, 5.74) is 2.77. The van der Waals surface area contributed by atoms with Crippen LogP contribution in [0, 0.1) is 6.92 Å². The number of ether oxygens (including phenoxy) is 2. The normalized spacial score (nSPS) is 14.9. The molecule has 5 rings (SSSR count). The summed E-state index contributed by atoms with van der Waals surface area (Å²) in [6, 6.07) is 20.5. The van der Waals surface area contributed by atoms with E-state index in [1.54, 1.807) is 61.5 Å². The number of hydrogen-bond donors (Lipinski definition) is 1. The highest BCUT2D eigenvalue weighted by atomic mass is 35.5. The maximum atomic E-state index is 13.3. The van der Waals surface area contributed by atoms with Gasteiger partial charge >= 0.3 is 5.97 Å². The number of rotatable bonds is 7. The van der Waals surface area contributed by atoms with Crippen molar-refractivity contribution >= 4 is 50.1 Å². The third kappa shape index (κ3) is 6.11. The van der Waals surface area contributed by atoms with Crippen LogP contribution in [0.4, 0.5) is 5.69 Å². The smallest absolute Gasteiger partial charge is 0.339 e. The standard InChI is InChI=1S/C30H28ClN3O6S/c1-19-11-12-21(17-28(19)41(37,38)34-13-15-39-16-14-34)32-29(35)20(2)40-30(36)24-18-27(23-8-3-5-9-25(23)31)33-26-10-6-4-7-22(24)26/h3-12,17-18,20H,13-16H2,1-2H3,(H,32,35)/t20-/m0/s1. The van der Waals surface area contributed by atoms with Gasteiger partial charge in [0.25, 0.3) is 5.91 Å². The Morgan fingerprint density at radius 3 is 2.49 bits per heavy atom. The molecule has 0 bridgehead atoms. The summed E-state index contributed by atoms with van der Waals surface area (Å²) < 4.78 is 38.6. The number of aryl methyl sites for hydroxylation is 1. The molecule has 212 valence electrons. The van der Waals surface area contributed by atoms with E-state index in [1.165, 1.54) is 17.3 Å². The van der Waals surface area contributed by atoms with Crippen molar-refractivity contribution in [1.29, 1.82) is 0 Å². The Labute approximate surface area is 243 Å². The van der Waals surface area contributed by atoms with E-state index >= 15 is 0 Å². The lowest BCUT2D eigenvalue weighted by Gasteiger charge is -2.27. The number of carbonyl (C=O) groups is 2. The lowest BCUT2D eigenvalue weighted by Crippen LogP contribution is -2.40. The molecular formula is C30H28ClN3O6S. The average molecular weight is 594 g/mol. The summed E-state index contributed by atoms with van der Waals surface area (Å²) in [5.74, 6) is -1.32. The molecule has 1 atom stereocenters. The maximum Gasteiger partial charge on any atom is 0.339 e. The van der Waals surface area contributed by atoms with Crippen molar-refractivity contribution in [2.24, 2.45) is 0 Å². The fourth-order valence-corrected chi connectivity index (χ4v) is 6.45. The van der Waals surface area contributed by atoms with Gasteiger partial charge in [-0.1, -0.05) is 54.1 Å². The summed E-state index contributed by atoms with van der Waals surface area (Å²) in [5, 5.41) is 3.72. The Morgan fingerprint density at radius 1 is 1.02 bits per heavy atom. The molecular weight excluding hydrogens is 566 g/mol. The summed E-state index contributed by atoms with van der Waals surface area (Å²) in [7, 11) is -3.78. The SMILES string of the molecule is Cc1ccc(NC(=O)[C@H](C)OC(=O)c2cc(-c3ccccc3Cl)nc3ccccc23)cc1S(=O)(=O)N1CCOCC1. The van der Waals surface area contributed by atoms with Crippen LogP contribution in [-0.2, 0) is 24.3 Å². The molecule has 0 unspecified atom stereocenters. The van der Waals surface area contributed by atoms with Gasteiger partial charge in [-0.25, -0.2) is 18.2 Å². The predicted octanol–water partition coefficient (Wildman–Crippen LogP) is 5.07. The number of pyridine rings is 1. The minimum atomic E-state index is -3.78. The molecule has 1 saturated heterocycles. The van der Waals surface area contributed by atoms with Gasteiger partial charge in [-0.2, -0.15) is 4.31 Å². The number of sulfonamides is 1. The molecule has 9 nitrogen and oxygen atoms in total. The molecule has 0 saturated carbocycles. The first-order valence-corrected chi connectivity index (χ1v) is 14.8. The van der Waals surface area contributed by atoms with Gasteiger partial charge in [0.15, 0.2) is 6.10 Å². The van der Waals surface area contributed by atoms with E-state index in [-0.39, 0.29) is 29.2 Å². The van der Waals surface area contributed by atoms with Crippen LogP contribution in [0.1, 0.15) is 22.8 Å². The van der Waals surface area contributed by atoms with Crippen LogP contribution >= 0.6 is 11.6 Å². The molecule has 2 heterocycles. The fourth-order valence-electron chi connectivity index (χ4n) is 4.55. The molecule has 1 aliphatic rings. The fraction of sp³-hybridized carbons (Fsp3) is 0.233. The van der Waals surface area contributed by atoms with Crippen LogP contribution < -0.4 is 5.32 Å². The summed E-state index contributed by atoms with van der Waals surface area (Å²) in [4.78, 5) is 31.1. The molecule has 1 fully saturated rings. The Hall–Kier alpha value is -3.83. The molecule has 1 amide bonds. The number of morpholine rings is 1. The van der Waals surface area contributed by atoms with Gasteiger partial charge in [0.2, 0.25) is 10.0 Å². The van der Waals surface area contributed by atoms with E-state index in [9.17, 15) is 18.0 Å². The van der Waals surface area contributed by atoms with Crippen molar-refractivity contribution in [3.63, 3.8) is 0 Å². The van der Waals surface area contributed by atoms with E-state index in [0.29, 0.717) is 46.0 Å². The molecule has 1 aromatic heterocycles. The Morgan fingerprint density at radius 2 is 1.73 bits per heavy atom. The average Bonchev–Trinajstić information content (AvgIpc) is 2.98. The largest absolute Gasteiger partial charge is 0.449 e. The van der Waals surface area contributed by atoms with Gasteiger partial charge < -0.3 is 14.8 Å². The monoisotopic (exact) mass is 593 g/mol. The van der Waals surface area contributed by atoms with Gasteiger partial charge in [0.1, 0.15) is 0 Å². The zero-order valence-electron chi connectivity index (χ0n) is 22.5. The maximum absolute atomic E-state index is 13.3. The first kappa shape index (κ1) is 28.7. The quantitative estimate of drug-likeness (QED) is 0.298. The van der Waals surface area contributed by atoms with Crippen LogP contribution in [0.2, 0.25) is 5.02 Å². The number of aromatic nitrogens is 1. The molecule has 0 aliphatic carbocycles. The molecule has 3 aromatic carbocycles. The van der Waals surface area contributed by atoms with Crippen molar-refractivity contribution in [3.8, 4) is 11.3 Å². The highest BCUT2D eigenvalue weighted by Gasteiger charge is 2.29. The Bertz CT molecular complexity index is 1740. The molecule has 1 aliphatic heterocycles. The first-order valence-electron chi connectivity index (χ1n) is 13.0. The number of halogens is 1. The molecule has 11 heteroatoms. The van der Waals surface area contributed by atoms with Crippen LogP contribution in [0.15, 0.2) is 77.7 Å². The van der Waals surface area contributed by atoms with Gasteiger partial charge in [-0.3, -0.25) is 4.79 Å². The number of nitrogens with one attached hydrogen (secondary N) is 1. The number of carbonyl (C=O) groups excluding carboxylic acids is 2. The number of hydrogen-bond acceptors (Lipinski definition) is 7. The minimum Gasteiger partial charge on any atom is -0.449 e. The molecule has 0 radical (unpaired) electrons. The third-order valence-electron chi connectivity index (χ3n) is 6.78. The summed E-state index contributed by atoms with van der Waals surface area (Å²) >= 11 is 6.38. The summed E-state index contributed by atoms with van der Waals surface area (Å²) in [6.45, 7) is 4.30. The Kier molecular flexibility index (Phi) is 8.37. The number of nitrogens with zero attached hydrogens (tertiary/aromatic N) is 2. The number of amides is 1. The molecule has 0 spiro atoms. The van der Waals surface area contributed by atoms with Crippen LogP contribution in [0.5, 0.6) is 0 Å². The number of fused-ring (bicyclic) bond motifs is 1. The van der Waals surface area contributed by atoms with Crippen molar-refractivity contribution in [2.45, 2.75) is 24.8 Å². The van der Waals surface area contributed by atoms with E-state index in [0.717, 1.165) is 0 Å². The van der Waals surface area contributed by atoms with Gasteiger partial charge in [-0.15, -0.1) is 0 Å². The van der Waals surface area contributed by atoms with Crippen molar-refractivity contribution < 1.29 is 27.5 Å². The Balaban J connectivity index is 1.36. The van der Waals surface area contributed by atoms with Crippen LogP contribution in [0.3, 0.4) is 0 Å². The number of anilines is 1. The first-order chi connectivity index (χ1) is 19.6. The van der Waals surface area contributed by atoms with Gasteiger partial charge in [0, 0.05) is 34.7 Å². The van der Waals surface area contributed by atoms with Gasteiger partial charge in [0.05, 0.1) is 34.9 Å². The van der Waals surface area contributed by atoms with E-state index in [1.807, 2.05) is 12.1 Å². The molecule has 4 aromatic rings. The van der Waals surface area contributed by atoms with Crippen molar-refractivity contribution in [3.05, 3.63) is 88.9 Å². The zero-order valence-corrected chi connectivity index (χ0v) is 24.0. The van der Waals surface area contributed by atoms with E-state index in [4.69, 9.17) is 21.1 Å². The number of para-hydroxylation sites is 1. The van der Waals surface area contributed by atoms with Gasteiger partial charge in [-0.05, 0) is 49.7 Å². The molecule has 41 heavy (non-hydrogen) atoms. The van der Waals surface area contributed by atoms with Crippen LogP contribution in [0.25, 0.3) is 22.2 Å².